The van der Waals surface area contributed by atoms with Crippen LogP contribution in [0.3, 0.4) is 0 Å². The van der Waals surface area contributed by atoms with E-state index in [9.17, 15) is 18.0 Å². The number of aromatic carboxylic acids is 1. The summed E-state index contributed by atoms with van der Waals surface area (Å²) in [7, 11) is 0. The predicted molar refractivity (Wildman–Crippen MR) is 46.3 cm³/mol. The van der Waals surface area contributed by atoms with Gasteiger partial charge in [-0.2, -0.15) is 13.2 Å². The van der Waals surface area contributed by atoms with Crippen molar-refractivity contribution in [1.29, 1.82) is 0 Å². The number of rotatable bonds is 1. The summed E-state index contributed by atoms with van der Waals surface area (Å²) in [4.78, 5) is 12.3. The summed E-state index contributed by atoms with van der Waals surface area (Å²) in [6, 6.07) is 0. The van der Waals surface area contributed by atoms with Crippen molar-refractivity contribution >= 4 is 41.3 Å². The Kier molecular flexibility index (Phi) is 4.16. The molecule has 0 unspecified atom stereocenters. The van der Waals surface area contributed by atoms with E-state index in [0.29, 0.717) is 0 Å². The molecule has 0 spiro atoms. The SMILES string of the molecule is Cl.O=C(O)c1sc(Cl)nc1C(F)(F)F. The first-order valence-corrected chi connectivity index (χ1v) is 3.98. The second-order valence-corrected chi connectivity index (χ2v) is 3.53. The lowest BCUT2D eigenvalue weighted by Gasteiger charge is -2.01. The largest absolute Gasteiger partial charge is 0.477 e. The van der Waals surface area contributed by atoms with Gasteiger partial charge in [-0.25, -0.2) is 9.78 Å². The number of aromatic nitrogens is 1. The van der Waals surface area contributed by atoms with E-state index in [-0.39, 0.29) is 23.7 Å². The van der Waals surface area contributed by atoms with Crippen molar-refractivity contribution in [2.24, 2.45) is 0 Å². The smallest absolute Gasteiger partial charge is 0.435 e. The van der Waals surface area contributed by atoms with E-state index in [1.807, 2.05) is 0 Å². The molecule has 0 saturated carbocycles. The summed E-state index contributed by atoms with van der Waals surface area (Å²) in [5.41, 5.74) is -1.45. The zero-order chi connectivity index (χ0) is 10.2. The van der Waals surface area contributed by atoms with E-state index in [2.05, 4.69) is 4.98 Å². The summed E-state index contributed by atoms with van der Waals surface area (Å²) in [6.07, 6.45) is -4.78. The molecule has 1 aromatic heterocycles. The molecule has 1 rings (SSSR count). The Bertz CT molecular complexity index is 351. The summed E-state index contributed by atoms with van der Waals surface area (Å²) >= 11 is 5.44. The fourth-order valence-electron chi connectivity index (χ4n) is 0.631. The first kappa shape index (κ1) is 13.5. The van der Waals surface area contributed by atoms with Crippen LogP contribution in [0.25, 0.3) is 0 Å². The fourth-order valence-corrected chi connectivity index (χ4v) is 1.60. The molecule has 0 aliphatic heterocycles. The van der Waals surface area contributed by atoms with Gasteiger partial charge in [0, 0.05) is 0 Å². The standard InChI is InChI=1S/C5HClF3NO2S.ClH/c6-4-10-2(5(7,8)9)1(13-4)3(11)12;/h(H,11,12);1H. The molecule has 1 heterocycles. The molecule has 9 heteroatoms. The summed E-state index contributed by atoms with van der Waals surface area (Å²) < 4.78 is 35.7. The maximum atomic E-state index is 12.0. The highest BCUT2D eigenvalue weighted by Crippen LogP contribution is 2.35. The van der Waals surface area contributed by atoms with Gasteiger partial charge in [-0.3, -0.25) is 0 Å². The van der Waals surface area contributed by atoms with Crippen LogP contribution in [0.4, 0.5) is 13.2 Å². The molecule has 0 bridgehead atoms. The van der Waals surface area contributed by atoms with Crippen LogP contribution in [-0.4, -0.2) is 16.1 Å². The van der Waals surface area contributed by atoms with Crippen molar-refractivity contribution in [1.82, 2.24) is 4.98 Å². The number of carboxylic acid groups (broad SMARTS) is 1. The average molecular weight is 268 g/mol. The minimum atomic E-state index is -4.78. The van der Waals surface area contributed by atoms with Gasteiger partial charge in [-0.05, 0) is 0 Å². The fraction of sp³-hybridized carbons (Fsp3) is 0.200. The van der Waals surface area contributed by atoms with Gasteiger partial charge in [-0.15, -0.1) is 12.4 Å². The third kappa shape index (κ3) is 2.73. The van der Waals surface area contributed by atoms with Crippen molar-refractivity contribution in [3.63, 3.8) is 0 Å². The Hall–Kier alpha value is -0.530. The zero-order valence-corrected chi connectivity index (χ0v) is 8.52. The molecule has 0 fully saturated rings. The Morgan fingerprint density at radius 3 is 2.29 bits per heavy atom. The average Bonchev–Trinajstić information content (AvgIpc) is 2.29. The highest BCUT2D eigenvalue weighted by molar-refractivity contribution is 7.17. The molecule has 0 aliphatic rings. The minimum absolute atomic E-state index is 0. The molecular formula is C5H2Cl2F3NO2S. The van der Waals surface area contributed by atoms with E-state index in [1.165, 1.54) is 0 Å². The Morgan fingerprint density at radius 1 is 1.50 bits per heavy atom. The van der Waals surface area contributed by atoms with Crippen LogP contribution in [0.5, 0.6) is 0 Å². The third-order valence-electron chi connectivity index (χ3n) is 1.06. The van der Waals surface area contributed by atoms with Crippen LogP contribution >= 0.6 is 35.3 Å². The van der Waals surface area contributed by atoms with E-state index in [4.69, 9.17) is 16.7 Å². The van der Waals surface area contributed by atoms with E-state index in [0.717, 1.165) is 0 Å². The molecule has 1 aromatic rings. The van der Waals surface area contributed by atoms with Gasteiger partial charge in [0.05, 0.1) is 0 Å². The first-order valence-electron chi connectivity index (χ1n) is 2.79. The normalized spacial score (nSPS) is 10.9. The first-order chi connectivity index (χ1) is 5.82. The van der Waals surface area contributed by atoms with Gasteiger partial charge in [-0.1, -0.05) is 22.9 Å². The lowest BCUT2D eigenvalue weighted by Crippen LogP contribution is -2.11. The van der Waals surface area contributed by atoms with Gasteiger partial charge >= 0.3 is 12.1 Å². The van der Waals surface area contributed by atoms with Crippen molar-refractivity contribution in [3.05, 3.63) is 15.0 Å². The van der Waals surface area contributed by atoms with Gasteiger partial charge in [0.2, 0.25) is 0 Å². The zero-order valence-electron chi connectivity index (χ0n) is 6.13. The van der Waals surface area contributed by atoms with Gasteiger partial charge < -0.3 is 5.11 Å². The molecule has 3 nitrogen and oxygen atoms in total. The summed E-state index contributed by atoms with van der Waals surface area (Å²) in [5.74, 6) is -1.68. The molecular weight excluding hydrogens is 266 g/mol. The maximum Gasteiger partial charge on any atom is 0.435 e. The molecule has 14 heavy (non-hydrogen) atoms. The number of carbonyl (C=O) groups is 1. The number of hydrogen-bond acceptors (Lipinski definition) is 3. The Morgan fingerprint density at radius 2 is 2.00 bits per heavy atom. The molecule has 0 atom stereocenters. The molecule has 0 radical (unpaired) electrons. The van der Waals surface area contributed by atoms with E-state index >= 15 is 0 Å². The number of nitrogens with zero attached hydrogens (tertiary/aromatic N) is 1. The van der Waals surface area contributed by atoms with E-state index < -0.39 is 27.2 Å². The van der Waals surface area contributed by atoms with Crippen molar-refractivity contribution in [2.45, 2.75) is 6.18 Å². The topological polar surface area (TPSA) is 50.2 Å². The number of thiazole rings is 1. The monoisotopic (exact) mass is 267 g/mol. The van der Waals surface area contributed by atoms with Crippen LogP contribution in [0.2, 0.25) is 4.47 Å². The van der Waals surface area contributed by atoms with E-state index in [1.54, 1.807) is 0 Å². The number of carboxylic acids is 1. The third-order valence-corrected chi connectivity index (χ3v) is 2.21. The highest BCUT2D eigenvalue weighted by atomic mass is 35.5. The Labute approximate surface area is 90.9 Å². The summed E-state index contributed by atoms with van der Waals surface area (Å²) in [5, 5.41) is 8.35. The van der Waals surface area contributed by atoms with Crippen LogP contribution in [0.1, 0.15) is 15.4 Å². The van der Waals surface area contributed by atoms with Gasteiger partial charge in [0.1, 0.15) is 4.88 Å². The van der Waals surface area contributed by atoms with Crippen molar-refractivity contribution < 1.29 is 23.1 Å². The molecule has 0 saturated heterocycles. The number of hydrogen-bond donors (Lipinski definition) is 1. The molecule has 0 amide bonds. The number of alkyl halides is 3. The minimum Gasteiger partial charge on any atom is -0.477 e. The second-order valence-electron chi connectivity index (χ2n) is 1.95. The van der Waals surface area contributed by atoms with Crippen LogP contribution in [0, 0.1) is 0 Å². The summed E-state index contributed by atoms with van der Waals surface area (Å²) in [6.45, 7) is 0. The highest BCUT2D eigenvalue weighted by Gasteiger charge is 2.39. The molecule has 0 aromatic carbocycles. The van der Waals surface area contributed by atoms with Crippen LogP contribution in [0.15, 0.2) is 0 Å². The molecule has 80 valence electrons. The lowest BCUT2D eigenvalue weighted by molar-refractivity contribution is -0.141. The second kappa shape index (κ2) is 4.33. The predicted octanol–water partition coefficient (Wildman–Crippen LogP) is 2.94. The van der Waals surface area contributed by atoms with Gasteiger partial charge in [0.25, 0.3) is 0 Å². The van der Waals surface area contributed by atoms with Gasteiger partial charge in [0.15, 0.2) is 10.2 Å². The lowest BCUT2D eigenvalue weighted by atomic mass is 10.3. The van der Waals surface area contributed by atoms with Crippen LogP contribution < -0.4 is 0 Å². The maximum absolute atomic E-state index is 12.0. The van der Waals surface area contributed by atoms with Crippen molar-refractivity contribution in [3.8, 4) is 0 Å². The quantitative estimate of drug-likeness (QED) is 0.851. The van der Waals surface area contributed by atoms with Crippen molar-refractivity contribution in [2.75, 3.05) is 0 Å². The van der Waals surface area contributed by atoms with Crippen LogP contribution in [-0.2, 0) is 6.18 Å². The Balaban J connectivity index is 0.00000169. The molecule has 1 N–H and O–H groups in total. The molecule has 0 aliphatic carbocycles. The number of halogens is 5.